The van der Waals surface area contributed by atoms with Crippen molar-refractivity contribution < 1.29 is 4.39 Å². The number of aromatic nitrogens is 1. The van der Waals surface area contributed by atoms with Gasteiger partial charge in [-0.2, -0.15) is 0 Å². The summed E-state index contributed by atoms with van der Waals surface area (Å²) in [7, 11) is 1.96. The highest BCUT2D eigenvalue weighted by atomic mass is 32.1. The Morgan fingerprint density at radius 1 is 1.37 bits per heavy atom. The van der Waals surface area contributed by atoms with Gasteiger partial charge in [-0.1, -0.05) is 18.2 Å². The average Bonchev–Trinajstić information content (AvgIpc) is 2.80. The summed E-state index contributed by atoms with van der Waals surface area (Å²) in [5, 5.41) is 2.95. The minimum atomic E-state index is -0.163. The fourth-order valence-corrected chi connectivity index (χ4v) is 2.62. The molecule has 0 saturated heterocycles. The van der Waals surface area contributed by atoms with E-state index in [4.69, 9.17) is 5.73 Å². The first-order valence-corrected chi connectivity index (χ1v) is 7.06. The molecule has 3 nitrogen and oxygen atoms in total. The molecule has 0 amide bonds. The van der Waals surface area contributed by atoms with Crippen molar-refractivity contribution in [2.75, 3.05) is 7.05 Å². The van der Waals surface area contributed by atoms with Crippen LogP contribution in [0.5, 0.6) is 0 Å². The SMILES string of the molecule is CC(N)c1nc(CN(C)Cc2ccccc2F)cs1. The van der Waals surface area contributed by atoms with Crippen molar-refractivity contribution in [2.45, 2.75) is 26.1 Å². The van der Waals surface area contributed by atoms with Crippen LogP contribution >= 0.6 is 11.3 Å². The van der Waals surface area contributed by atoms with Crippen LogP contribution in [0.2, 0.25) is 0 Å². The Bertz CT molecular complexity index is 539. The highest BCUT2D eigenvalue weighted by molar-refractivity contribution is 7.09. The predicted molar refractivity (Wildman–Crippen MR) is 76.3 cm³/mol. The minimum absolute atomic E-state index is 0.0318. The zero-order valence-electron chi connectivity index (χ0n) is 11.1. The van der Waals surface area contributed by atoms with Crippen LogP contribution in [-0.2, 0) is 13.1 Å². The van der Waals surface area contributed by atoms with Crippen molar-refractivity contribution in [3.63, 3.8) is 0 Å². The molecule has 102 valence electrons. The second-order valence-corrected chi connectivity index (χ2v) is 5.62. The van der Waals surface area contributed by atoms with Crippen molar-refractivity contribution in [1.29, 1.82) is 0 Å². The van der Waals surface area contributed by atoms with Gasteiger partial charge in [0.15, 0.2) is 0 Å². The number of halogens is 1. The van der Waals surface area contributed by atoms with E-state index >= 15 is 0 Å². The molecule has 0 fully saturated rings. The fraction of sp³-hybridized carbons (Fsp3) is 0.357. The van der Waals surface area contributed by atoms with Crippen molar-refractivity contribution >= 4 is 11.3 Å². The molecule has 2 aromatic rings. The Labute approximate surface area is 116 Å². The van der Waals surface area contributed by atoms with E-state index in [2.05, 4.69) is 4.98 Å². The summed E-state index contributed by atoms with van der Waals surface area (Å²) in [6, 6.07) is 6.81. The first-order chi connectivity index (χ1) is 9.06. The molecule has 0 spiro atoms. The van der Waals surface area contributed by atoms with Gasteiger partial charge in [0, 0.05) is 24.0 Å². The minimum Gasteiger partial charge on any atom is -0.322 e. The van der Waals surface area contributed by atoms with Gasteiger partial charge in [0.2, 0.25) is 0 Å². The van der Waals surface area contributed by atoms with E-state index < -0.39 is 0 Å². The fourth-order valence-electron chi connectivity index (χ4n) is 1.85. The van der Waals surface area contributed by atoms with Crippen LogP contribution < -0.4 is 5.73 Å². The van der Waals surface area contributed by atoms with Crippen LogP contribution in [0.3, 0.4) is 0 Å². The van der Waals surface area contributed by atoms with E-state index in [1.165, 1.54) is 6.07 Å². The highest BCUT2D eigenvalue weighted by Crippen LogP contribution is 2.17. The number of rotatable bonds is 5. The molecule has 1 heterocycles. The van der Waals surface area contributed by atoms with Gasteiger partial charge >= 0.3 is 0 Å². The van der Waals surface area contributed by atoms with E-state index in [0.29, 0.717) is 18.7 Å². The van der Waals surface area contributed by atoms with Crippen LogP contribution in [0.4, 0.5) is 4.39 Å². The summed E-state index contributed by atoms with van der Waals surface area (Å²) in [5.41, 5.74) is 7.47. The van der Waals surface area contributed by atoms with Gasteiger partial charge in [0.25, 0.3) is 0 Å². The van der Waals surface area contributed by atoms with Gasteiger partial charge in [-0.3, -0.25) is 4.90 Å². The van der Waals surface area contributed by atoms with Crippen LogP contribution in [0, 0.1) is 5.82 Å². The van der Waals surface area contributed by atoms with Crippen molar-refractivity contribution in [2.24, 2.45) is 5.73 Å². The number of hydrogen-bond donors (Lipinski definition) is 1. The van der Waals surface area contributed by atoms with E-state index in [-0.39, 0.29) is 11.9 Å². The summed E-state index contributed by atoms with van der Waals surface area (Å²) in [6.45, 7) is 3.18. The molecular formula is C14H18FN3S. The number of benzene rings is 1. The lowest BCUT2D eigenvalue weighted by Gasteiger charge is -2.15. The quantitative estimate of drug-likeness (QED) is 0.915. The van der Waals surface area contributed by atoms with Crippen LogP contribution in [0.25, 0.3) is 0 Å². The third-order valence-electron chi connectivity index (χ3n) is 2.79. The molecule has 1 unspecified atom stereocenters. The molecule has 1 aromatic carbocycles. The average molecular weight is 279 g/mol. The highest BCUT2D eigenvalue weighted by Gasteiger charge is 2.09. The summed E-state index contributed by atoms with van der Waals surface area (Å²) in [6.07, 6.45) is 0. The number of hydrogen-bond acceptors (Lipinski definition) is 4. The zero-order chi connectivity index (χ0) is 13.8. The maximum Gasteiger partial charge on any atom is 0.127 e. The van der Waals surface area contributed by atoms with Gasteiger partial charge in [0.1, 0.15) is 10.8 Å². The molecule has 0 bridgehead atoms. The third kappa shape index (κ3) is 3.83. The topological polar surface area (TPSA) is 42.1 Å². The summed E-state index contributed by atoms with van der Waals surface area (Å²) >= 11 is 1.57. The van der Waals surface area contributed by atoms with Gasteiger partial charge in [0.05, 0.1) is 11.7 Å². The van der Waals surface area contributed by atoms with E-state index in [0.717, 1.165) is 10.7 Å². The van der Waals surface area contributed by atoms with Gasteiger partial charge in [-0.15, -0.1) is 11.3 Å². The van der Waals surface area contributed by atoms with E-state index in [9.17, 15) is 4.39 Å². The molecule has 2 N–H and O–H groups in total. The number of nitrogens with two attached hydrogens (primary N) is 1. The maximum absolute atomic E-state index is 13.5. The molecule has 0 aliphatic carbocycles. The Morgan fingerprint density at radius 2 is 2.11 bits per heavy atom. The molecule has 19 heavy (non-hydrogen) atoms. The lowest BCUT2D eigenvalue weighted by atomic mass is 10.2. The second-order valence-electron chi connectivity index (χ2n) is 4.73. The molecular weight excluding hydrogens is 261 g/mol. The van der Waals surface area contributed by atoms with Gasteiger partial charge in [-0.25, -0.2) is 9.37 Å². The molecule has 0 aliphatic heterocycles. The zero-order valence-corrected chi connectivity index (χ0v) is 12.0. The first-order valence-electron chi connectivity index (χ1n) is 6.18. The molecule has 0 saturated carbocycles. The third-order valence-corrected chi connectivity index (χ3v) is 3.88. The molecule has 1 atom stereocenters. The number of nitrogens with zero attached hydrogens (tertiary/aromatic N) is 2. The lowest BCUT2D eigenvalue weighted by molar-refractivity contribution is 0.310. The Hall–Kier alpha value is -1.30. The summed E-state index contributed by atoms with van der Waals surface area (Å²) < 4.78 is 13.5. The Morgan fingerprint density at radius 3 is 2.74 bits per heavy atom. The lowest BCUT2D eigenvalue weighted by Crippen LogP contribution is -2.18. The van der Waals surface area contributed by atoms with Gasteiger partial charge < -0.3 is 5.73 Å². The summed E-state index contributed by atoms with van der Waals surface area (Å²) in [5.74, 6) is -0.163. The van der Waals surface area contributed by atoms with Crippen LogP contribution in [0.1, 0.15) is 29.2 Å². The number of thiazole rings is 1. The van der Waals surface area contributed by atoms with Crippen molar-refractivity contribution in [1.82, 2.24) is 9.88 Å². The van der Waals surface area contributed by atoms with Gasteiger partial charge in [-0.05, 0) is 20.0 Å². The summed E-state index contributed by atoms with van der Waals surface area (Å²) in [4.78, 5) is 6.51. The molecule has 0 radical (unpaired) electrons. The smallest absolute Gasteiger partial charge is 0.127 e. The predicted octanol–water partition coefficient (Wildman–Crippen LogP) is 2.93. The van der Waals surface area contributed by atoms with Crippen LogP contribution in [-0.4, -0.2) is 16.9 Å². The Kier molecular flexibility index (Phi) is 4.63. The second kappa shape index (κ2) is 6.23. The van der Waals surface area contributed by atoms with Crippen molar-refractivity contribution in [3.8, 4) is 0 Å². The monoisotopic (exact) mass is 279 g/mol. The van der Waals surface area contributed by atoms with Crippen LogP contribution in [0.15, 0.2) is 29.6 Å². The molecule has 1 aromatic heterocycles. The normalized spacial score (nSPS) is 12.9. The molecule has 2 rings (SSSR count). The molecule has 0 aliphatic rings. The van der Waals surface area contributed by atoms with Crippen molar-refractivity contribution in [3.05, 3.63) is 51.7 Å². The maximum atomic E-state index is 13.5. The first kappa shape index (κ1) is 14.1. The largest absolute Gasteiger partial charge is 0.322 e. The van der Waals surface area contributed by atoms with E-state index in [1.54, 1.807) is 23.5 Å². The Balaban J connectivity index is 1.97. The van der Waals surface area contributed by atoms with E-state index in [1.807, 2.05) is 30.3 Å². The molecule has 5 heteroatoms. The standard InChI is InChI=1S/C14H18FN3S/c1-10(16)14-17-12(9-19-14)8-18(2)7-11-5-3-4-6-13(11)15/h3-6,9-10H,7-8,16H2,1-2H3.